The van der Waals surface area contributed by atoms with Crippen LogP contribution >= 0.6 is 21.2 Å². The minimum absolute atomic E-state index is 0. The number of rotatable bonds is 0. The van der Waals surface area contributed by atoms with Crippen LogP contribution in [0.15, 0.2) is 0 Å². The Morgan fingerprint density at radius 1 is 1.25 bits per heavy atom. The van der Waals surface area contributed by atoms with E-state index in [1.165, 1.54) is 0 Å². The van der Waals surface area contributed by atoms with Crippen molar-refractivity contribution in [2.75, 3.05) is 9.86 Å². The van der Waals surface area contributed by atoms with Gasteiger partial charge < -0.3 is 0 Å². The van der Waals surface area contributed by atoms with Crippen LogP contribution in [0.2, 0.25) is 0 Å². The van der Waals surface area contributed by atoms with Gasteiger partial charge in [0.1, 0.15) is 0 Å². The molecule has 4 heavy (non-hydrogen) atoms. The Labute approximate surface area is 62.9 Å². The average molecular weight is 247 g/mol. The molecule has 0 N–H and O–H groups in total. The van der Waals surface area contributed by atoms with Crippen molar-refractivity contribution >= 4 is 21.2 Å². The van der Waals surface area contributed by atoms with Crippen molar-refractivity contribution in [3.63, 3.8) is 0 Å². The molecule has 0 aliphatic rings. The maximum atomic E-state index is 2.26. The SMILES string of the molecule is C[IH]C.[Y]. The van der Waals surface area contributed by atoms with Crippen LogP contribution in [-0.4, -0.2) is 9.86 Å². The number of halogens is 1. The Morgan fingerprint density at radius 2 is 1.25 bits per heavy atom. The molecule has 0 saturated heterocycles. The quantitative estimate of drug-likeness (QED) is 0.441. The molecule has 2 heteroatoms. The summed E-state index contributed by atoms with van der Waals surface area (Å²) in [5.74, 6) is 0. The number of hydrogen-bond acceptors (Lipinski definition) is 0. The van der Waals surface area contributed by atoms with Crippen LogP contribution in [0.5, 0.6) is 0 Å². The first-order valence-corrected chi connectivity index (χ1v) is 5.48. The maximum absolute atomic E-state index is 2.26. The molecule has 25 valence electrons. The molecule has 0 unspecified atom stereocenters. The van der Waals surface area contributed by atoms with E-state index in [1.807, 2.05) is 0 Å². The Kier molecular flexibility index (Phi) is 20.5. The van der Waals surface area contributed by atoms with Gasteiger partial charge in [-0.1, -0.05) is 0 Å². The second-order valence-corrected chi connectivity index (χ2v) is 2.74. The molecule has 0 aromatic heterocycles. The standard InChI is InChI=1S/C2H7I.Y/c1-3-2;/h3H,1-2H3;. The zero-order valence-electron chi connectivity index (χ0n) is 2.99. The van der Waals surface area contributed by atoms with Gasteiger partial charge in [-0.25, -0.2) is 0 Å². The predicted octanol–water partition coefficient (Wildman–Crippen LogP) is 0.946. The predicted molar refractivity (Wildman–Crippen MR) is 27.3 cm³/mol. The Bertz CT molecular complexity index is 6.00. The minimum atomic E-state index is 0. The Balaban J connectivity index is 0. The number of alkyl halides is 2. The second-order valence-electron chi connectivity index (χ2n) is 0.408. The molecule has 0 saturated carbocycles. The molecule has 0 heterocycles. The largest absolute Gasteiger partial charge is 0 e. The summed E-state index contributed by atoms with van der Waals surface area (Å²) in [7, 11) is 0. The molecule has 0 atom stereocenters. The van der Waals surface area contributed by atoms with Crippen molar-refractivity contribution in [2.45, 2.75) is 0 Å². The molecular formula is C2H7IY. The van der Waals surface area contributed by atoms with Crippen molar-refractivity contribution in [3.8, 4) is 0 Å². The first kappa shape index (κ1) is 9.27. The third-order valence-corrected chi connectivity index (χ3v) is 0. The van der Waals surface area contributed by atoms with Gasteiger partial charge in [-0.2, -0.15) is 0 Å². The van der Waals surface area contributed by atoms with Crippen molar-refractivity contribution in [1.29, 1.82) is 0 Å². The van der Waals surface area contributed by atoms with Crippen LogP contribution in [0.3, 0.4) is 0 Å². The van der Waals surface area contributed by atoms with E-state index in [1.54, 1.807) is 0 Å². The van der Waals surface area contributed by atoms with E-state index in [2.05, 4.69) is 9.86 Å². The molecule has 0 bridgehead atoms. The Hall–Kier alpha value is 1.83. The molecule has 0 aliphatic carbocycles. The van der Waals surface area contributed by atoms with Gasteiger partial charge in [-0.05, 0) is 0 Å². The monoisotopic (exact) mass is 247 g/mol. The molecule has 0 amide bonds. The molecule has 0 aromatic carbocycles. The molecule has 0 aromatic rings. The fraction of sp³-hybridized carbons (Fsp3) is 1.00. The van der Waals surface area contributed by atoms with Gasteiger partial charge in [0.2, 0.25) is 0 Å². The van der Waals surface area contributed by atoms with E-state index < -0.39 is 0 Å². The average Bonchev–Trinajstić information content (AvgIpc) is 0.918. The molecule has 0 nitrogen and oxygen atoms in total. The summed E-state index contributed by atoms with van der Waals surface area (Å²) in [4.78, 5) is 4.51. The van der Waals surface area contributed by atoms with Crippen molar-refractivity contribution in [1.82, 2.24) is 0 Å². The summed E-state index contributed by atoms with van der Waals surface area (Å²) >= 11 is 0.470. The molecule has 0 aliphatic heterocycles. The van der Waals surface area contributed by atoms with Gasteiger partial charge in [-0.3, -0.25) is 0 Å². The third-order valence-electron chi connectivity index (χ3n) is 0. The van der Waals surface area contributed by atoms with Crippen LogP contribution in [-0.2, 0) is 32.7 Å². The summed E-state index contributed by atoms with van der Waals surface area (Å²) < 4.78 is 0. The maximum Gasteiger partial charge on any atom is 0 e. The van der Waals surface area contributed by atoms with E-state index in [0.29, 0.717) is 21.2 Å². The van der Waals surface area contributed by atoms with Gasteiger partial charge in [0.05, 0.1) is 0 Å². The summed E-state index contributed by atoms with van der Waals surface area (Å²) in [5, 5.41) is 0. The number of hydrogen-bond donors (Lipinski definition) is 0. The second kappa shape index (κ2) is 8.85. The summed E-state index contributed by atoms with van der Waals surface area (Å²) in [6, 6.07) is 0. The summed E-state index contributed by atoms with van der Waals surface area (Å²) in [6.45, 7) is 0. The van der Waals surface area contributed by atoms with E-state index >= 15 is 0 Å². The van der Waals surface area contributed by atoms with E-state index in [4.69, 9.17) is 0 Å². The first-order valence-electron chi connectivity index (χ1n) is 0.816. The van der Waals surface area contributed by atoms with Crippen molar-refractivity contribution in [2.24, 2.45) is 0 Å². The topological polar surface area (TPSA) is 0 Å². The first-order chi connectivity index (χ1) is 1.41. The van der Waals surface area contributed by atoms with Crippen LogP contribution in [0.25, 0.3) is 0 Å². The summed E-state index contributed by atoms with van der Waals surface area (Å²) in [6.07, 6.45) is 0. The fourth-order valence-corrected chi connectivity index (χ4v) is 0. The Morgan fingerprint density at radius 3 is 1.25 bits per heavy atom. The zero-order chi connectivity index (χ0) is 2.71. The van der Waals surface area contributed by atoms with Gasteiger partial charge in [0, 0.05) is 32.7 Å². The van der Waals surface area contributed by atoms with E-state index in [9.17, 15) is 0 Å². The van der Waals surface area contributed by atoms with Gasteiger partial charge >= 0.3 is 31.1 Å². The van der Waals surface area contributed by atoms with Gasteiger partial charge in [-0.15, -0.1) is 0 Å². The van der Waals surface area contributed by atoms with E-state index in [0.717, 1.165) is 0 Å². The minimum Gasteiger partial charge on any atom is 0 e. The van der Waals surface area contributed by atoms with Crippen LogP contribution in [0.1, 0.15) is 0 Å². The summed E-state index contributed by atoms with van der Waals surface area (Å²) in [5.41, 5.74) is 0. The third kappa shape index (κ3) is 9.16. The zero-order valence-corrected chi connectivity index (χ0v) is 8.15. The van der Waals surface area contributed by atoms with Gasteiger partial charge in [0.15, 0.2) is 0 Å². The molecular weight excluding hydrogens is 240 g/mol. The van der Waals surface area contributed by atoms with Crippen molar-refractivity contribution < 1.29 is 32.7 Å². The van der Waals surface area contributed by atoms with Crippen LogP contribution in [0, 0.1) is 0 Å². The van der Waals surface area contributed by atoms with Crippen molar-refractivity contribution in [3.05, 3.63) is 0 Å². The fourth-order valence-electron chi connectivity index (χ4n) is 0. The molecule has 0 spiro atoms. The molecule has 0 fully saturated rings. The van der Waals surface area contributed by atoms with Crippen LogP contribution in [0.4, 0.5) is 0 Å². The molecule has 0 rings (SSSR count). The normalized spacial score (nSPS) is 5.50. The van der Waals surface area contributed by atoms with Gasteiger partial charge in [0.25, 0.3) is 0 Å². The molecule has 1 radical (unpaired) electrons. The van der Waals surface area contributed by atoms with E-state index in [-0.39, 0.29) is 32.7 Å². The smallest absolute Gasteiger partial charge is 0 e. The van der Waals surface area contributed by atoms with Crippen LogP contribution < -0.4 is 0 Å².